The topological polar surface area (TPSA) is 89.1 Å². The van der Waals surface area contributed by atoms with Crippen LogP contribution in [0.15, 0.2) is 36.4 Å². The molecule has 2 amide bonds. The third-order valence-electron chi connectivity index (χ3n) is 3.32. The summed E-state index contributed by atoms with van der Waals surface area (Å²) in [5.41, 5.74) is 0.791. The predicted molar refractivity (Wildman–Crippen MR) is 101 cm³/mol. The molecule has 2 aromatic carbocycles. The molecule has 0 aliphatic carbocycles. The van der Waals surface area contributed by atoms with E-state index in [0.717, 1.165) is 0 Å². The average molecular weight is 360 g/mol. The molecule has 26 heavy (non-hydrogen) atoms. The summed E-state index contributed by atoms with van der Waals surface area (Å²) in [6.45, 7) is 6.94. The van der Waals surface area contributed by atoms with Crippen LogP contribution in [0.4, 0.5) is 16.2 Å². The molecule has 0 radical (unpaired) electrons. The second kappa shape index (κ2) is 9.41. The highest BCUT2D eigenvalue weighted by molar-refractivity contribution is 6.01. The van der Waals surface area contributed by atoms with Gasteiger partial charge in [0.15, 0.2) is 11.5 Å². The fourth-order valence-corrected chi connectivity index (χ4v) is 2.32. The lowest BCUT2D eigenvalue weighted by Crippen LogP contribution is -2.19. The maximum absolute atomic E-state index is 12.2. The lowest BCUT2D eigenvalue weighted by atomic mass is 10.2. The second-order valence-corrected chi connectivity index (χ2v) is 5.20. The van der Waals surface area contributed by atoms with Crippen LogP contribution in [0.5, 0.6) is 23.0 Å². The molecule has 0 aliphatic rings. The van der Waals surface area contributed by atoms with Gasteiger partial charge in [0.2, 0.25) is 5.75 Å². The zero-order valence-electron chi connectivity index (χ0n) is 15.2. The number of urea groups is 1. The largest absolute Gasteiger partial charge is 0.506 e. The molecule has 2 rings (SSSR count). The van der Waals surface area contributed by atoms with Gasteiger partial charge < -0.3 is 30.0 Å². The Labute approximate surface area is 152 Å². The monoisotopic (exact) mass is 360 g/mol. The highest BCUT2D eigenvalue weighted by Gasteiger charge is 2.16. The minimum absolute atomic E-state index is 0.0145. The number of carbonyl (C=O) groups excluding carboxylic acids is 1. The first kappa shape index (κ1) is 19.2. The van der Waals surface area contributed by atoms with Crippen LogP contribution in [-0.2, 0) is 0 Å². The summed E-state index contributed by atoms with van der Waals surface area (Å²) in [5, 5.41) is 15.0. The first-order valence-corrected chi connectivity index (χ1v) is 8.51. The molecule has 0 saturated heterocycles. The first-order valence-electron chi connectivity index (χ1n) is 8.51. The van der Waals surface area contributed by atoms with Crippen molar-refractivity contribution >= 4 is 17.4 Å². The SMILES string of the molecule is CCOc1cc(NC(=O)Nc2ccccc2O)cc(OCC)c1OCC. The van der Waals surface area contributed by atoms with E-state index in [2.05, 4.69) is 10.6 Å². The number of carbonyl (C=O) groups is 1. The quantitative estimate of drug-likeness (QED) is 0.613. The Balaban J connectivity index is 2.24. The predicted octanol–water partition coefficient (Wildman–Crippen LogP) is 4.23. The Morgan fingerprint density at radius 3 is 2.04 bits per heavy atom. The van der Waals surface area contributed by atoms with Gasteiger partial charge in [-0.2, -0.15) is 0 Å². The summed E-state index contributed by atoms with van der Waals surface area (Å²) in [6, 6.07) is 9.32. The summed E-state index contributed by atoms with van der Waals surface area (Å²) in [4.78, 5) is 12.2. The van der Waals surface area contributed by atoms with Crippen molar-refractivity contribution < 1.29 is 24.1 Å². The third kappa shape index (κ3) is 4.95. The smallest absolute Gasteiger partial charge is 0.323 e. The van der Waals surface area contributed by atoms with Gasteiger partial charge in [-0.1, -0.05) is 12.1 Å². The zero-order valence-corrected chi connectivity index (χ0v) is 15.2. The van der Waals surface area contributed by atoms with Crippen molar-refractivity contribution in [2.45, 2.75) is 20.8 Å². The minimum atomic E-state index is -0.499. The van der Waals surface area contributed by atoms with Gasteiger partial charge in [-0.05, 0) is 32.9 Å². The van der Waals surface area contributed by atoms with E-state index in [1.54, 1.807) is 30.3 Å². The number of ether oxygens (including phenoxy) is 3. The number of benzene rings is 2. The number of anilines is 2. The fourth-order valence-electron chi connectivity index (χ4n) is 2.32. The highest BCUT2D eigenvalue weighted by Crippen LogP contribution is 2.40. The molecule has 0 atom stereocenters. The highest BCUT2D eigenvalue weighted by atomic mass is 16.5. The molecule has 2 aromatic rings. The van der Waals surface area contributed by atoms with E-state index >= 15 is 0 Å². The molecule has 0 aromatic heterocycles. The molecule has 0 heterocycles. The van der Waals surface area contributed by atoms with Gasteiger partial charge in [-0.25, -0.2) is 4.79 Å². The molecule has 7 heteroatoms. The van der Waals surface area contributed by atoms with Gasteiger partial charge in [0.05, 0.1) is 31.2 Å². The van der Waals surface area contributed by atoms with Gasteiger partial charge in [0.1, 0.15) is 5.75 Å². The fraction of sp³-hybridized carbons (Fsp3) is 0.316. The van der Waals surface area contributed by atoms with Crippen LogP contribution in [0.3, 0.4) is 0 Å². The Hall–Kier alpha value is -3.09. The molecule has 3 N–H and O–H groups in total. The van der Waals surface area contributed by atoms with E-state index < -0.39 is 6.03 Å². The Morgan fingerprint density at radius 2 is 1.50 bits per heavy atom. The van der Waals surface area contributed by atoms with Crippen molar-refractivity contribution in [3.8, 4) is 23.0 Å². The average Bonchev–Trinajstić information content (AvgIpc) is 2.60. The van der Waals surface area contributed by atoms with Crippen molar-refractivity contribution in [2.75, 3.05) is 30.5 Å². The number of hydrogen-bond acceptors (Lipinski definition) is 5. The summed E-state index contributed by atoms with van der Waals surface area (Å²) in [6.07, 6.45) is 0. The van der Waals surface area contributed by atoms with Gasteiger partial charge in [-0.3, -0.25) is 0 Å². The number of nitrogens with one attached hydrogen (secondary N) is 2. The number of hydrogen-bond donors (Lipinski definition) is 3. The number of rotatable bonds is 8. The third-order valence-corrected chi connectivity index (χ3v) is 3.32. The van der Waals surface area contributed by atoms with E-state index in [1.165, 1.54) is 6.07 Å². The molecule has 0 saturated carbocycles. The molecule has 0 aliphatic heterocycles. The lowest BCUT2D eigenvalue weighted by Gasteiger charge is -2.17. The number of para-hydroxylation sites is 2. The van der Waals surface area contributed by atoms with E-state index in [4.69, 9.17) is 14.2 Å². The van der Waals surface area contributed by atoms with E-state index in [0.29, 0.717) is 48.4 Å². The van der Waals surface area contributed by atoms with Crippen molar-refractivity contribution in [2.24, 2.45) is 0 Å². The molecular formula is C19H24N2O5. The van der Waals surface area contributed by atoms with Crippen LogP contribution in [0, 0.1) is 0 Å². The molecule has 140 valence electrons. The van der Waals surface area contributed by atoms with Crippen LogP contribution in [0.1, 0.15) is 20.8 Å². The Kier molecular flexibility index (Phi) is 6.96. The molecule has 0 fully saturated rings. The van der Waals surface area contributed by atoms with Crippen LogP contribution in [-0.4, -0.2) is 31.0 Å². The standard InChI is InChI=1S/C19H24N2O5/c1-4-24-16-11-13(12-17(25-5-2)18(16)26-6-3)20-19(23)21-14-9-7-8-10-15(14)22/h7-12,22H,4-6H2,1-3H3,(H2,20,21,23). The number of amides is 2. The van der Waals surface area contributed by atoms with E-state index in [9.17, 15) is 9.90 Å². The normalized spacial score (nSPS) is 10.1. The van der Waals surface area contributed by atoms with Crippen molar-refractivity contribution in [3.05, 3.63) is 36.4 Å². The minimum Gasteiger partial charge on any atom is -0.506 e. The number of phenols is 1. The summed E-state index contributed by atoms with van der Waals surface area (Å²) >= 11 is 0. The lowest BCUT2D eigenvalue weighted by molar-refractivity contribution is 0.260. The van der Waals surface area contributed by atoms with Crippen LogP contribution in [0.25, 0.3) is 0 Å². The summed E-state index contributed by atoms with van der Waals surface area (Å²) < 4.78 is 16.9. The summed E-state index contributed by atoms with van der Waals surface area (Å²) in [5.74, 6) is 1.46. The first-order chi connectivity index (χ1) is 12.6. The summed E-state index contributed by atoms with van der Waals surface area (Å²) in [7, 11) is 0. The molecule has 0 unspecified atom stereocenters. The van der Waals surface area contributed by atoms with E-state index in [1.807, 2.05) is 20.8 Å². The number of aromatic hydroxyl groups is 1. The van der Waals surface area contributed by atoms with E-state index in [-0.39, 0.29) is 5.75 Å². The maximum Gasteiger partial charge on any atom is 0.323 e. The van der Waals surface area contributed by atoms with Gasteiger partial charge in [-0.15, -0.1) is 0 Å². The van der Waals surface area contributed by atoms with Crippen molar-refractivity contribution in [1.29, 1.82) is 0 Å². The Morgan fingerprint density at radius 1 is 0.923 bits per heavy atom. The number of phenolic OH excluding ortho intramolecular Hbond substituents is 1. The van der Waals surface area contributed by atoms with Gasteiger partial charge >= 0.3 is 6.03 Å². The van der Waals surface area contributed by atoms with Crippen LogP contribution >= 0.6 is 0 Å². The second-order valence-electron chi connectivity index (χ2n) is 5.20. The zero-order chi connectivity index (χ0) is 18.9. The molecule has 0 bridgehead atoms. The van der Waals surface area contributed by atoms with Crippen molar-refractivity contribution in [1.82, 2.24) is 0 Å². The molecule has 0 spiro atoms. The van der Waals surface area contributed by atoms with Gasteiger partial charge in [0, 0.05) is 12.1 Å². The Bertz CT molecular complexity index is 721. The maximum atomic E-state index is 12.2. The van der Waals surface area contributed by atoms with Crippen LogP contribution < -0.4 is 24.8 Å². The van der Waals surface area contributed by atoms with Gasteiger partial charge in [0.25, 0.3) is 0 Å². The van der Waals surface area contributed by atoms with Crippen LogP contribution in [0.2, 0.25) is 0 Å². The molecule has 7 nitrogen and oxygen atoms in total. The molecular weight excluding hydrogens is 336 g/mol. The van der Waals surface area contributed by atoms with Crippen molar-refractivity contribution in [3.63, 3.8) is 0 Å².